The van der Waals surface area contributed by atoms with E-state index >= 15 is 0 Å². The summed E-state index contributed by atoms with van der Waals surface area (Å²) in [5.41, 5.74) is 14.0. The topological polar surface area (TPSA) is 178 Å². The second-order valence-electron chi connectivity index (χ2n) is 12.0. The van der Waals surface area contributed by atoms with Gasteiger partial charge in [-0.25, -0.2) is 4.98 Å². The maximum absolute atomic E-state index is 14.1. The fourth-order valence-electron chi connectivity index (χ4n) is 5.92. The van der Waals surface area contributed by atoms with Crippen LogP contribution < -0.4 is 22.1 Å². The zero-order chi connectivity index (χ0) is 34.8. The van der Waals surface area contributed by atoms with Crippen LogP contribution in [-0.2, 0) is 27.4 Å². The number of nitrogens with zero attached hydrogens (tertiary/aromatic N) is 3. The van der Waals surface area contributed by atoms with Gasteiger partial charge in [0.05, 0.1) is 24.8 Å². The molecule has 1 aromatic heterocycles. The lowest BCUT2D eigenvalue weighted by atomic mass is 10.0. The van der Waals surface area contributed by atoms with Gasteiger partial charge >= 0.3 is 0 Å². The number of benzene rings is 3. The Kier molecular flexibility index (Phi) is 12.4. The zero-order valence-electron chi connectivity index (χ0n) is 27.4. The molecule has 1 saturated heterocycles. The van der Waals surface area contributed by atoms with Crippen molar-refractivity contribution in [1.82, 2.24) is 20.5 Å². The molecule has 0 bridgehead atoms. The molecule has 0 aliphatic carbocycles. The second kappa shape index (κ2) is 17.0. The highest BCUT2D eigenvalue weighted by atomic mass is 35.5. The molecule has 4 aromatic rings. The first-order chi connectivity index (χ1) is 23.7. The number of carbonyl (C=O) groups excluding carboxylic acids is 3. The summed E-state index contributed by atoms with van der Waals surface area (Å²) < 4.78 is 12.0. The van der Waals surface area contributed by atoms with E-state index in [0.29, 0.717) is 35.4 Å². The molecule has 1 aliphatic heterocycles. The number of amides is 2. The molecule has 5 rings (SSSR count). The smallest absolute Gasteiger partial charge is 0.266 e. The third-order valence-corrected chi connectivity index (χ3v) is 8.79. The third-order valence-electron chi connectivity index (χ3n) is 8.54. The Hall–Kier alpha value is -4.78. The number of aliphatic imine (C=N–C) groups is 1. The molecular formula is C36H42ClN7O5. The van der Waals surface area contributed by atoms with E-state index in [0.717, 1.165) is 11.1 Å². The number of ether oxygens (including phenoxy) is 1. The highest BCUT2D eigenvalue weighted by Gasteiger charge is 2.43. The first kappa shape index (κ1) is 35.5. The van der Waals surface area contributed by atoms with Crippen LogP contribution in [0.5, 0.6) is 0 Å². The fraction of sp³-hybridized carbons (Fsp3) is 0.361. The van der Waals surface area contributed by atoms with E-state index in [1.165, 1.54) is 0 Å². The van der Waals surface area contributed by atoms with Crippen LogP contribution in [0, 0.1) is 0 Å². The standard InChI is InChI=1S/C36H42ClN7O5/c1-40-29(18-15-23-8-3-2-4-9-23)35(47)44-21-26(48-22-24-13-16-25(37)17-14-24)20-30(44)33(46)42-28(11-7-19-41-36(38)39)32(45)34-43-27-10-5-6-12-31(27)49-34/h2-6,8-10,12-14,16-17,26,28-30,40H,7,11,15,18-22H2,1H3,(H,42,46)(H4,38,39,41)/t26-,28+,29-,30+/m1/s1. The number of likely N-dealkylation sites (N-methyl/N-ethyl adjacent to an activating group) is 1. The monoisotopic (exact) mass is 687 g/mol. The summed E-state index contributed by atoms with van der Waals surface area (Å²) >= 11 is 6.05. The normalized spacial score (nSPS) is 17.1. The van der Waals surface area contributed by atoms with Gasteiger partial charge in [-0.15, -0.1) is 0 Å². The van der Waals surface area contributed by atoms with Crippen molar-refractivity contribution in [2.45, 2.75) is 62.9 Å². The van der Waals surface area contributed by atoms with Crippen LogP contribution in [0.25, 0.3) is 11.1 Å². The third kappa shape index (κ3) is 9.65. The van der Waals surface area contributed by atoms with Crippen LogP contribution in [0.1, 0.15) is 47.5 Å². The number of rotatable bonds is 16. The molecule has 1 fully saturated rings. The van der Waals surface area contributed by atoms with Crippen LogP contribution in [0.2, 0.25) is 5.02 Å². The molecule has 49 heavy (non-hydrogen) atoms. The average molecular weight is 688 g/mol. The van der Waals surface area contributed by atoms with Gasteiger partial charge in [0.15, 0.2) is 11.5 Å². The number of ketones is 1. The van der Waals surface area contributed by atoms with E-state index in [2.05, 4.69) is 20.6 Å². The SMILES string of the molecule is CN[C@H](CCc1ccccc1)C(=O)N1C[C@H](OCc2ccc(Cl)cc2)C[C@H]1C(=O)N[C@@H](CCCN=C(N)N)C(=O)c1nc2ccccc2o1. The quantitative estimate of drug-likeness (QED) is 0.0593. The summed E-state index contributed by atoms with van der Waals surface area (Å²) in [5, 5.41) is 6.66. The predicted octanol–water partition coefficient (Wildman–Crippen LogP) is 3.61. The molecule has 258 valence electrons. The maximum Gasteiger partial charge on any atom is 0.266 e. The largest absolute Gasteiger partial charge is 0.434 e. The Labute approximate surface area is 290 Å². The highest BCUT2D eigenvalue weighted by molar-refractivity contribution is 6.30. The lowest BCUT2D eigenvalue weighted by Crippen LogP contribution is -2.54. The number of guanidine groups is 1. The summed E-state index contributed by atoms with van der Waals surface area (Å²) in [6, 6.07) is 21.8. The molecule has 3 aromatic carbocycles. The van der Waals surface area contributed by atoms with Crippen molar-refractivity contribution in [2.24, 2.45) is 16.5 Å². The second-order valence-corrected chi connectivity index (χ2v) is 12.5. The van der Waals surface area contributed by atoms with Crippen LogP contribution in [0.3, 0.4) is 0 Å². The summed E-state index contributed by atoms with van der Waals surface area (Å²) in [5.74, 6) is -1.36. The van der Waals surface area contributed by atoms with Crippen LogP contribution in [0.15, 0.2) is 88.3 Å². The number of fused-ring (bicyclic) bond motifs is 1. The van der Waals surface area contributed by atoms with Crippen molar-refractivity contribution < 1.29 is 23.5 Å². The molecule has 1 aliphatic rings. The lowest BCUT2D eigenvalue weighted by Gasteiger charge is -2.29. The van der Waals surface area contributed by atoms with Crippen molar-refractivity contribution in [1.29, 1.82) is 0 Å². The van der Waals surface area contributed by atoms with Gasteiger partial charge in [-0.2, -0.15) is 0 Å². The number of para-hydroxylation sites is 2. The van der Waals surface area contributed by atoms with Gasteiger partial charge < -0.3 is 36.2 Å². The van der Waals surface area contributed by atoms with E-state index in [4.69, 9.17) is 32.2 Å². The van der Waals surface area contributed by atoms with Crippen molar-refractivity contribution in [3.8, 4) is 0 Å². The van der Waals surface area contributed by atoms with Crippen LogP contribution >= 0.6 is 11.6 Å². The van der Waals surface area contributed by atoms with Gasteiger partial charge in [-0.05, 0) is 68.1 Å². The van der Waals surface area contributed by atoms with E-state index in [1.807, 2.05) is 42.5 Å². The first-order valence-electron chi connectivity index (χ1n) is 16.3. The van der Waals surface area contributed by atoms with Gasteiger partial charge in [-0.3, -0.25) is 19.4 Å². The Bertz CT molecular complexity index is 1710. The molecule has 0 spiro atoms. The number of carbonyl (C=O) groups is 3. The van der Waals surface area contributed by atoms with Crippen molar-refractivity contribution in [3.05, 3.63) is 101 Å². The molecule has 0 unspecified atom stereocenters. The van der Waals surface area contributed by atoms with Gasteiger partial charge in [0.1, 0.15) is 11.6 Å². The van der Waals surface area contributed by atoms with Gasteiger partial charge in [0.25, 0.3) is 5.89 Å². The number of nitrogens with two attached hydrogens (primary N) is 2. The molecule has 6 N–H and O–H groups in total. The maximum atomic E-state index is 14.1. The minimum Gasteiger partial charge on any atom is -0.434 e. The van der Waals surface area contributed by atoms with Crippen molar-refractivity contribution >= 4 is 46.3 Å². The van der Waals surface area contributed by atoms with Gasteiger partial charge in [0, 0.05) is 24.5 Å². The number of oxazole rings is 1. The fourth-order valence-corrected chi connectivity index (χ4v) is 6.05. The molecule has 0 saturated carbocycles. The van der Waals surface area contributed by atoms with E-state index < -0.39 is 35.9 Å². The number of aryl methyl sites for hydroxylation is 1. The summed E-state index contributed by atoms with van der Waals surface area (Å²) in [6.45, 7) is 0.753. The molecule has 2 amide bonds. The Morgan fingerprint density at radius 2 is 1.73 bits per heavy atom. The van der Waals surface area contributed by atoms with E-state index in [9.17, 15) is 14.4 Å². The highest BCUT2D eigenvalue weighted by Crippen LogP contribution is 2.25. The lowest BCUT2D eigenvalue weighted by molar-refractivity contribution is -0.140. The number of nitrogens with one attached hydrogen (secondary N) is 2. The number of halogens is 1. The molecule has 0 radical (unpaired) electrons. The van der Waals surface area contributed by atoms with E-state index in [1.54, 1.807) is 48.3 Å². The predicted molar refractivity (Wildman–Crippen MR) is 188 cm³/mol. The number of hydrogen-bond acceptors (Lipinski definition) is 8. The number of Topliss-reactive ketones (excluding diaryl/α,β-unsaturated/α-hetero) is 1. The van der Waals surface area contributed by atoms with Crippen LogP contribution in [-0.4, -0.2) is 77.8 Å². The molecule has 4 atom stereocenters. The number of likely N-dealkylation sites (tertiary alicyclic amines) is 1. The number of aromatic nitrogens is 1. The van der Waals surface area contributed by atoms with Crippen molar-refractivity contribution in [2.75, 3.05) is 20.1 Å². The van der Waals surface area contributed by atoms with Crippen molar-refractivity contribution in [3.63, 3.8) is 0 Å². The Balaban J connectivity index is 1.35. The molecule has 2 heterocycles. The zero-order valence-corrected chi connectivity index (χ0v) is 28.1. The molecule has 13 heteroatoms. The summed E-state index contributed by atoms with van der Waals surface area (Å²) in [4.78, 5) is 51.8. The first-order valence-corrected chi connectivity index (χ1v) is 16.7. The van der Waals surface area contributed by atoms with Gasteiger partial charge in [0.2, 0.25) is 17.6 Å². The summed E-state index contributed by atoms with van der Waals surface area (Å²) in [7, 11) is 1.73. The molecular weight excluding hydrogens is 646 g/mol. The van der Waals surface area contributed by atoms with Crippen LogP contribution in [0.4, 0.5) is 0 Å². The minimum atomic E-state index is -1.00. The number of hydrogen-bond donors (Lipinski definition) is 4. The molecule has 12 nitrogen and oxygen atoms in total. The average Bonchev–Trinajstić information content (AvgIpc) is 3.75. The Morgan fingerprint density at radius 3 is 2.45 bits per heavy atom. The van der Waals surface area contributed by atoms with E-state index in [-0.39, 0.29) is 50.3 Å². The summed E-state index contributed by atoms with van der Waals surface area (Å²) in [6.07, 6.45) is 1.65. The van der Waals surface area contributed by atoms with Gasteiger partial charge in [-0.1, -0.05) is 66.2 Å². The Morgan fingerprint density at radius 1 is 1.00 bits per heavy atom. The minimum absolute atomic E-state index is 0.0676.